The molecule has 0 atom stereocenters. The summed E-state index contributed by atoms with van der Waals surface area (Å²) in [5, 5.41) is 13.6. The second-order valence-corrected chi connectivity index (χ2v) is 15.2. The minimum Gasteiger partial charge on any atom is -0.435 e. The van der Waals surface area contributed by atoms with Gasteiger partial charge < -0.3 is 4.42 Å². The normalized spacial score (nSPS) is 17.0. The number of nitriles is 1. The third kappa shape index (κ3) is 4.84. The summed E-state index contributed by atoms with van der Waals surface area (Å²) >= 11 is 4.78. The highest BCUT2D eigenvalue weighted by atomic mass is 35.5. The lowest BCUT2D eigenvalue weighted by Crippen LogP contribution is -2.31. The largest absolute Gasteiger partial charge is 0.435 e. The zero-order valence-electron chi connectivity index (χ0n) is 22.7. The van der Waals surface area contributed by atoms with Gasteiger partial charge in [0.2, 0.25) is 5.89 Å². The first-order valence-electron chi connectivity index (χ1n) is 13.2. The van der Waals surface area contributed by atoms with E-state index in [9.17, 15) is 35.7 Å². The van der Waals surface area contributed by atoms with Crippen LogP contribution >= 0.6 is 11.6 Å². The van der Waals surface area contributed by atoms with Crippen molar-refractivity contribution < 1.29 is 30.0 Å². The van der Waals surface area contributed by atoms with Gasteiger partial charge in [0.1, 0.15) is 23.4 Å². The summed E-state index contributed by atoms with van der Waals surface area (Å²) in [6.45, 7) is 1.44. The van der Waals surface area contributed by atoms with Gasteiger partial charge in [-0.2, -0.15) is 23.8 Å². The molecular formula is C27H21ClF2N6O6S2. The van der Waals surface area contributed by atoms with E-state index in [-0.39, 0.29) is 52.0 Å². The zero-order valence-corrected chi connectivity index (χ0v) is 25.1. The molecule has 1 fully saturated rings. The second kappa shape index (κ2) is 10.2. The van der Waals surface area contributed by atoms with Gasteiger partial charge in [0, 0.05) is 6.42 Å². The summed E-state index contributed by atoms with van der Waals surface area (Å²) in [5.41, 5.74) is -0.151. The van der Waals surface area contributed by atoms with Gasteiger partial charge in [-0.1, -0.05) is 19.1 Å². The Kier molecular flexibility index (Phi) is 6.91. The number of hydrogen-bond donors (Lipinski definition) is 0. The maximum absolute atomic E-state index is 13.5. The number of allylic oxidation sites excluding steroid dienone is 1. The summed E-state index contributed by atoms with van der Waals surface area (Å²) in [7, 11) is -9.10. The molecule has 6 rings (SSSR count). The molecule has 17 heteroatoms. The molecule has 0 saturated heterocycles. The monoisotopic (exact) mass is 662 g/mol. The Hall–Kier alpha value is -4.20. The van der Waals surface area contributed by atoms with Crippen LogP contribution in [0.3, 0.4) is 0 Å². The topological polar surface area (TPSA) is 170 Å². The van der Waals surface area contributed by atoms with E-state index in [0.717, 1.165) is 41.3 Å². The van der Waals surface area contributed by atoms with Crippen molar-refractivity contribution >= 4 is 53.9 Å². The number of sulfone groups is 2. The molecule has 0 amide bonds. The van der Waals surface area contributed by atoms with Crippen LogP contribution in [0.5, 0.6) is 0 Å². The lowest BCUT2D eigenvalue weighted by atomic mass is 9.98. The number of alkyl halides is 3. The van der Waals surface area contributed by atoms with Crippen LogP contribution in [0, 0.1) is 11.3 Å². The van der Waals surface area contributed by atoms with Crippen molar-refractivity contribution in [1.82, 2.24) is 19.3 Å². The molecule has 1 aliphatic carbocycles. The maximum Gasteiger partial charge on any atom is 0.427 e. The molecule has 12 nitrogen and oxygen atoms in total. The number of fused-ring (bicyclic) bond motifs is 1. The number of rotatable bonds is 7. The number of halogens is 3. The van der Waals surface area contributed by atoms with E-state index >= 15 is 0 Å². The molecule has 3 heterocycles. The lowest BCUT2D eigenvalue weighted by Gasteiger charge is -2.17. The predicted molar refractivity (Wildman–Crippen MR) is 155 cm³/mol. The molecule has 44 heavy (non-hydrogen) atoms. The lowest BCUT2D eigenvalue weighted by molar-refractivity contribution is 0.187. The van der Waals surface area contributed by atoms with Crippen molar-refractivity contribution in [2.24, 2.45) is 4.99 Å². The van der Waals surface area contributed by atoms with Gasteiger partial charge in [0.05, 0.1) is 32.7 Å². The third-order valence-corrected chi connectivity index (χ3v) is 11.6. The van der Waals surface area contributed by atoms with Crippen LogP contribution in [0.15, 0.2) is 72.8 Å². The Morgan fingerprint density at radius 1 is 1.11 bits per heavy atom. The van der Waals surface area contributed by atoms with Crippen molar-refractivity contribution in [1.29, 1.82) is 5.26 Å². The zero-order chi connectivity index (χ0) is 31.7. The van der Waals surface area contributed by atoms with E-state index in [2.05, 4.69) is 21.1 Å². The average molecular weight is 663 g/mol. The molecule has 0 unspecified atom stereocenters. The minimum absolute atomic E-state index is 0.0199. The first-order valence-corrected chi connectivity index (χ1v) is 16.7. The third-order valence-electron chi connectivity index (χ3n) is 7.59. The molecule has 2 aromatic heterocycles. The van der Waals surface area contributed by atoms with Gasteiger partial charge in [-0.15, -0.1) is 0 Å². The van der Waals surface area contributed by atoms with Gasteiger partial charge >= 0.3 is 10.4 Å². The number of benzene rings is 2. The molecule has 1 aliphatic heterocycles. The van der Waals surface area contributed by atoms with Gasteiger partial charge in [0.15, 0.2) is 15.4 Å². The van der Waals surface area contributed by atoms with Crippen molar-refractivity contribution in [3.8, 4) is 11.8 Å². The predicted octanol–water partition coefficient (Wildman–Crippen LogP) is 4.14. The summed E-state index contributed by atoms with van der Waals surface area (Å²) < 4.78 is 80.7. The number of oxazole rings is 1. The molecule has 0 N–H and O–H groups in total. The Balaban J connectivity index is 1.42. The van der Waals surface area contributed by atoms with E-state index < -0.39 is 40.4 Å². The molecule has 0 radical (unpaired) electrons. The molecule has 2 aliphatic rings. The van der Waals surface area contributed by atoms with Crippen LogP contribution < -0.4 is 5.69 Å². The fraction of sp³-hybridized carbons (Fsp3) is 0.296. The van der Waals surface area contributed by atoms with Crippen molar-refractivity contribution in [3.63, 3.8) is 0 Å². The van der Waals surface area contributed by atoms with Crippen LogP contribution in [-0.4, -0.2) is 52.5 Å². The highest BCUT2D eigenvalue weighted by molar-refractivity contribution is 7.95. The first-order chi connectivity index (χ1) is 20.7. The van der Waals surface area contributed by atoms with Gasteiger partial charge in [-0.25, -0.2) is 36.2 Å². The Morgan fingerprint density at radius 2 is 1.82 bits per heavy atom. The van der Waals surface area contributed by atoms with E-state index in [1.54, 1.807) is 24.3 Å². The molecular weight excluding hydrogens is 642 g/mol. The molecule has 4 aromatic rings. The highest BCUT2D eigenvalue weighted by Crippen LogP contribution is 2.47. The number of nitrogens with zero attached hydrogens (tertiary/aromatic N) is 6. The first kappa shape index (κ1) is 29.9. The minimum atomic E-state index is -5.25. The molecule has 0 bridgehead atoms. The Morgan fingerprint density at radius 3 is 2.43 bits per heavy atom. The molecule has 228 valence electrons. The number of hydrogen-bond acceptors (Lipinski definition) is 10. The summed E-state index contributed by atoms with van der Waals surface area (Å²) in [6.07, 6.45) is 2.77. The van der Waals surface area contributed by atoms with Gasteiger partial charge in [0.25, 0.3) is 9.84 Å². The Labute approximate surface area is 253 Å². The van der Waals surface area contributed by atoms with Crippen LogP contribution in [-0.2, 0) is 25.1 Å². The maximum atomic E-state index is 13.5. The summed E-state index contributed by atoms with van der Waals surface area (Å²) in [6, 6.07) is 12.1. The summed E-state index contributed by atoms with van der Waals surface area (Å²) in [5.74, 6) is -0.517. The van der Waals surface area contributed by atoms with Crippen molar-refractivity contribution in [2.45, 2.75) is 47.6 Å². The van der Waals surface area contributed by atoms with Crippen LogP contribution in [0.25, 0.3) is 22.5 Å². The van der Waals surface area contributed by atoms with E-state index in [0.29, 0.717) is 5.69 Å². The van der Waals surface area contributed by atoms with Crippen molar-refractivity contribution in [3.05, 3.63) is 75.6 Å². The highest BCUT2D eigenvalue weighted by Gasteiger charge is 2.45. The average Bonchev–Trinajstić information content (AvgIpc) is 3.53. The Bertz CT molecular complexity index is 2220. The quantitative estimate of drug-likeness (QED) is 0.264. The standard InChI is InChI=1S/C27H21ClF2N6O6S2/c1-2-43(38,39)21-9-10-22(36-25(37)35(15-32-36)17-5-3-16(4-6-17)26(14-31)11-12-26)34-23(21)24-33-19-13-18(7-8-20(19)42-24)44(40,41)27(28,29)30/h3-8,13,15H,2,9-12H2,1H3. The van der Waals surface area contributed by atoms with Crippen LogP contribution in [0.4, 0.5) is 8.78 Å². The molecule has 1 saturated carbocycles. The van der Waals surface area contributed by atoms with Gasteiger partial charge in [-0.05, 0) is 66.8 Å². The summed E-state index contributed by atoms with van der Waals surface area (Å²) in [4.78, 5) is 21.0. The van der Waals surface area contributed by atoms with Crippen LogP contribution in [0.2, 0.25) is 0 Å². The molecule has 0 spiro atoms. The van der Waals surface area contributed by atoms with E-state index in [4.69, 9.17) is 16.0 Å². The SMILES string of the molecule is CCS(=O)(=O)C1=C(c2nc3cc(S(=O)(=O)C(F)(F)Cl)ccc3o2)N=C(n2ncn(-c3ccc(C4(C#N)CC4)cc3)c2=O)CC1. The van der Waals surface area contributed by atoms with Crippen LogP contribution in [0.1, 0.15) is 44.1 Å². The fourth-order valence-electron chi connectivity index (χ4n) is 4.89. The number of aromatic nitrogens is 4. The smallest absolute Gasteiger partial charge is 0.427 e. The van der Waals surface area contributed by atoms with E-state index in [1.807, 2.05) is 0 Å². The molecule has 2 aromatic carbocycles. The second-order valence-electron chi connectivity index (χ2n) is 10.2. The fourth-order valence-corrected chi connectivity index (χ4v) is 7.12. The van der Waals surface area contributed by atoms with Gasteiger partial charge in [-0.3, -0.25) is 0 Å². The van der Waals surface area contributed by atoms with E-state index in [1.165, 1.54) is 17.8 Å². The van der Waals surface area contributed by atoms with Crippen molar-refractivity contribution in [2.75, 3.05) is 5.75 Å². The number of aliphatic imine (C=N–C) groups is 1.